The zero-order valence-corrected chi connectivity index (χ0v) is 5.51. The summed E-state index contributed by atoms with van der Waals surface area (Å²) in [5.74, 6) is 0.701. The van der Waals surface area contributed by atoms with Crippen LogP contribution in [-0.4, -0.2) is 11.1 Å². The molecular formula is C6H6ClNO. The van der Waals surface area contributed by atoms with E-state index in [2.05, 4.69) is 4.98 Å². The van der Waals surface area contributed by atoms with Crippen LogP contribution in [0.25, 0.3) is 0 Å². The number of halogens is 1. The fourth-order valence-electron chi connectivity index (χ4n) is 0.495. The minimum absolute atomic E-state index is 0.172. The van der Waals surface area contributed by atoms with Crippen molar-refractivity contribution in [3.8, 4) is 5.75 Å². The van der Waals surface area contributed by atoms with Gasteiger partial charge in [0.15, 0.2) is 6.07 Å². The lowest BCUT2D eigenvalue weighted by molar-refractivity contribution is 0.386. The molecule has 0 amide bonds. The van der Waals surface area contributed by atoms with Crippen molar-refractivity contribution in [2.75, 3.05) is 6.07 Å². The molecule has 2 nitrogen and oxygen atoms in total. The van der Waals surface area contributed by atoms with Gasteiger partial charge in [0.25, 0.3) is 0 Å². The summed E-state index contributed by atoms with van der Waals surface area (Å²) in [7, 11) is 0. The molecule has 0 bridgehead atoms. The van der Waals surface area contributed by atoms with Crippen LogP contribution in [0.4, 0.5) is 0 Å². The predicted octanol–water partition coefficient (Wildman–Crippen LogP) is 1.66. The van der Waals surface area contributed by atoms with Gasteiger partial charge >= 0.3 is 0 Å². The molecule has 3 heteroatoms. The van der Waals surface area contributed by atoms with Gasteiger partial charge in [-0.1, -0.05) is 11.6 Å². The van der Waals surface area contributed by atoms with Crippen molar-refractivity contribution in [3.63, 3.8) is 0 Å². The number of hydrogen-bond donors (Lipinski definition) is 0. The van der Waals surface area contributed by atoms with Gasteiger partial charge in [-0.05, 0) is 12.1 Å². The summed E-state index contributed by atoms with van der Waals surface area (Å²) in [5, 5.41) is 0. The Hall–Kier alpha value is -0.760. The standard InChI is InChI=1S/C6H6ClNO/c7-5-9-6-2-1-3-8-4-6/h1-4H,5H2. The molecule has 9 heavy (non-hydrogen) atoms. The summed E-state index contributed by atoms with van der Waals surface area (Å²) in [4.78, 5) is 3.82. The Kier molecular flexibility index (Phi) is 2.33. The molecule has 1 heterocycles. The normalized spacial score (nSPS) is 9.00. The summed E-state index contributed by atoms with van der Waals surface area (Å²) < 4.78 is 4.91. The zero-order chi connectivity index (χ0) is 6.53. The van der Waals surface area contributed by atoms with Gasteiger partial charge in [0.05, 0.1) is 6.20 Å². The lowest BCUT2D eigenvalue weighted by atomic mass is 10.5. The number of ether oxygens (including phenoxy) is 1. The molecule has 0 radical (unpaired) electrons. The molecule has 0 aliphatic carbocycles. The van der Waals surface area contributed by atoms with Crippen molar-refractivity contribution >= 4 is 11.6 Å². The molecule has 0 spiro atoms. The maximum atomic E-state index is 5.29. The number of rotatable bonds is 2. The lowest BCUT2D eigenvalue weighted by Crippen LogP contribution is -1.87. The number of pyridine rings is 1. The molecule has 1 aromatic heterocycles. The molecule has 0 atom stereocenters. The highest BCUT2D eigenvalue weighted by molar-refractivity contribution is 6.17. The fourth-order valence-corrected chi connectivity index (χ4v) is 0.621. The molecular weight excluding hydrogens is 138 g/mol. The minimum Gasteiger partial charge on any atom is -0.476 e. The maximum Gasteiger partial charge on any atom is 0.162 e. The first-order valence-corrected chi connectivity index (χ1v) is 3.05. The van der Waals surface area contributed by atoms with Gasteiger partial charge in [-0.3, -0.25) is 4.98 Å². The van der Waals surface area contributed by atoms with Gasteiger partial charge in [-0.15, -0.1) is 0 Å². The van der Waals surface area contributed by atoms with Crippen LogP contribution < -0.4 is 4.74 Å². The Balaban J connectivity index is 2.61. The lowest BCUT2D eigenvalue weighted by Gasteiger charge is -1.97. The molecule has 0 fully saturated rings. The van der Waals surface area contributed by atoms with Gasteiger partial charge in [-0.25, -0.2) is 0 Å². The third-order valence-electron chi connectivity index (χ3n) is 0.856. The zero-order valence-electron chi connectivity index (χ0n) is 4.75. The Morgan fingerprint density at radius 2 is 2.56 bits per heavy atom. The van der Waals surface area contributed by atoms with Gasteiger partial charge in [0, 0.05) is 6.20 Å². The Labute approximate surface area is 58.4 Å². The Morgan fingerprint density at radius 3 is 3.11 bits per heavy atom. The summed E-state index contributed by atoms with van der Waals surface area (Å²) in [5.41, 5.74) is 0. The first-order chi connectivity index (χ1) is 4.43. The van der Waals surface area contributed by atoms with Gasteiger partial charge < -0.3 is 4.74 Å². The molecule has 1 aromatic rings. The summed E-state index contributed by atoms with van der Waals surface area (Å²) >= 11 is 5.29. The Morgan fingerprint density at radius 1 is 1.67 bits per heavy atom. The molecule has 48 valence electrons. The minimum atomic E-state index is 0.172. The van der Waals surface area contributed by atoms with Crippen LogP contribution in [-0.2, 0) is 0 Å². The number of nitrogens with zero attached hydrogens (tertiary/aromatic N) is 1. The van der Waals surface area contributed by atoms with Crippen LogP contribution in [0.2, 0.25) is 0 Å². The predicted molar refractivity (Wildman–Crippen MR) is 35.6 cm³/mol. The maximum absolute atomic E-state index is 5.29. The van der Waals surface area contributed by atoms with E-state index >= 15 is 0 Å². The topological polar surface area (TPSA) is 22.1 Å². The largest absolute Gasteiger partial charge is 0.476 e. The van der Waals surface area contributed by atoms with E-state index in [1.807, 2.05) is 0 Å². The molecule has 0 saturated carbocycles. The van der Waals surface area contributed by atoms with Crippen LogP contribution in [0, 0.1) is 0 Å². The molecule has 0 aliphatic rings. The van der Waals surface area contributed by atoms with E-state index in [1.165, 1.54) is 0 Å². The third-order valence-corrected chi connectivity index (χ3v) is 0.965. The highest BCUT2D eigenvalue weighted by Gasteiger charge is 1.85. The number of alkyl halides is 1. The average molecular weight is 144 g/mol. The van der Waals surface area contributed by atoms with Crippen LogP contribution in [0.1, 0.15) is 0 Å². The van der Waals surface area contributed by atoms with E-state index in [0.29, 0.717) is 5.75 Å². The second-order valence-electron chi connectivity index (χ2n) is 1.44. The quantitative estimate of drug-likeness (QED) is 0.588. The SMILES string of the molecule is ClCOc1cccnc1. The van der Waals surface area contributed by atoms with E-state index in [0.717, 1.165) is 0 Å². The van der Waals surface area contributed by atoms with Gasteiger partial charge in [0.2, 0.25) is 0 Å². The van der Waals surface area contributed by atoms with E-state index in [-0.39, 0.29) is 6.07 Å². The number of hydrogen-bond acceptors (Lipinski definition) is 2. The molecule has 1 rings (SSSR count). The van der Waals surface area contributed by atoms with E-state index < -0.39 is 0 Å². The molecule has 0 N–H and O–H groups in total. The molecule has 0 unspecified atom stereocenters. The van der Waals surface area contributed by atoms with Gasteiger partial charge in [0.1, 0.15) is 5.75 Å². The fraction of sp³-hybridized carbons (Fsp3) is 0.167. The van der Waals surface area contributed by atoms with Crippen LogP contribution in [0.5, 0.6) is 5.75 Å². The van der Waals surface area contributed by atoms with Crippen molar-refractivity contribution in [2.45, 2.75) is 0 Å². The monoisotopic (exact) mass is 143 g/mol. The van der Waals surface area contributed by atoms with Crippen molar-refractivity contribution in [1.29, 1.82) is 0 Å². The molecule has 0 saturated heterocycles. The first kappa shape index (κ1) is 6.36. The average Bonchev–Trinajstić information content (AvgIpc) is 1.91. The highest BCUT2D eigenvalue weighted by atomic mass is 35.5. The van der Waals surface area contributed by atoms with Crippen LogP contribution in [0.3, 0.4) is 0 Å². The summed E-state index contributed by atoms with van der Waals surface area (Å²) in [6.07, 6.45) is 3.30. The number of aromatic nitrogens is 1. The first-order valence-electron chi connectivity index (χ1n) is 2.52. The summed E-state index contributed by atoms with van der Waals surface area (Å²) in [6, 6.07) is 3.77. The van der Waals surface area contributed by atoms with Crippen molar-refractivity contribution in [1.82, 2.24) is 4.98 Å². The van der Waals surface area contributed by atoms with E-state index in [1.54, 1.807) is 24.5 Å². The third kappa shape index (κ3) is 1.90. The summed E-state index contributed by atoms with van der Waals surface area (Å²) in [6.45, 7) is 0. The van der Waals surface area contributed by atoms with E-state index in [4.69, 9.17) is 16.3 Å². The highest BCUT2D eigenvalue weighted by Crippen LogP contribution is 2.05. The van der Waals surface area contributed by atoms with Crippen LogP contribution >= 0.6 is 11.6 Å². The molecule has 0 aliphatic heterocycles. The van der Waals surface area contributed by atoms with Crippen molar-refractivity contribution in [3.05, 3.63) is 24.5 Å². The second kappa shape index (κ2) is 3.30. The van der Waals surface area contributed by atoms with Crippen molar-refractivity contribution in [2.24, 2.45) is 0 Å². The molecule has 0 aromatic carbocycles. The van der Waals surface area contributed by atoms with E-state index in [9.17, 15) is 0 Å². The van der Waals surface area contributed by atoms with Crippen LogP contribution in [0.15, 0.2) is 24.5 Å². The second-order valence-corrected chi connectivity index (χ2v) is 1.66. The smallest absolute Gasteiger partial charge is 0.162 e. The van der Waals surface area contributed by atoms with Crippen molar-refractivity contribution < 1.29 is 4.74 Å². The van der Waals surface area contributed by atoms with Gasteiger partial charge in [-0.2, -0.15) is 0 Å². The Bertz CT molecular complexity index is 166.